The highest BCUT2D eigenvalue weighted by Gasteiger charge is 2.11. The molecule has 0 saturated carbocycles. The fraction of sp³-hybridized carbons (Fsp3) is 0.500. The fourth-order valence-corrected chi connectivity index (χ4v) is 1.60. The summed E-state index contributed by atoms with van der Waals surface area (Å²) in [4.78, 5) is 11.9. The van der Waals surface area contributed by atoms with Gasteiger partial charge in [0.05, 0.1) is 0 Å². The van der Waals surface area contributed by atoms with Gasteiger partial charge >= 0.3 is 0 Å². The Kier molecular flexibility index (Phi) is 6.68. The Labute approximate surface area is 93.6 Å². The lowest BCUT2D eigenvalue weighted by Gasteiger charge is -2.09. The maximum atomic E-state index is 11.9. The maximum absolute atomic E-state index is 11.9. The maximum Gasteiger partial charge on any atom is 0.163 e. The van der Waals surface area contributed by atoms with Gasteiger partial charge in [-0.15, -0.1) is 0 Å². The Morgan fingerprint density at radius 1 is 1.33 bits per heavy atom. The Balaban J connectivity index is 4.92. The van der Waals surface area contributed by atoms with Gasteiger partial charge in [0, 0.05) is 12.0 Å². The number of unbranched alkanes of at least 4 members (excludes halogenated alkanes) is 1. The van der Waals surface area contributed by atoms with E-state index >= 15 is 0 Å². The van der Waals surface area contributed by atoms with E-state index in [0.717, 1.165) is 36.0 Å². The van der Waals surface area contributed by atoms with Crippen molar-refractivity contribution in [2.45, 2.75) is 46.5 Å². The summed E-state index contributed by atoms with van der Waals surface area (Å²) in [5.74, 6) is 0.201. The molecule has 84 valence electrons. The number of rotatable bonds is 7. The van der Waals surface area contributed by atoms with Crippen molar-refractivity contribution in [2.75, 3.05) is 0 Å². The lowest BCUT2D eigenvalue weighted by atomic mass is 9.94. The lowest BCUT2D eigenvalue weighted by molar-refractivity contribution is -0.115. The molecule has 0 aliphatic heterocycles. The van der Waals surface area contributed by atoms with Crippen LogP contribution in [0, 0.1) is 0 Å². The molecule has 15 heavy (non-hydrogen) atoms. The van der Waals surface area contributed by atoms with Crippen LogP contribution in [-0.4, -0.2) is 5.78 Å². The minimum atomic E-state index is 0.201. The number of hydrogen-bond donors (Lipinski definition) is 0. The Morgan fingerprint density at radius 3 is 2.27 bits per heavy atom. The number of Topliss-reactive ketones (excluding diaryl/α,β-unsaturated/α-hetero) is 1. The minimum absolute atomic E-state index is 0.201. The average Bonchev–Trinajstić information content (AvgIpc) is 2.21. The predicted molar refractivity (Wildman–Crippen MR) is 66.9 cm³/mol. The second-order valence-electron chi connectivity index (χ2n) is 3.76. The molecule has 0 fully saturated rings. The van der Waals surface area contributed by atoms with Gasteiger partial charge < -0.3 is 0 Å². The summed E-state index contributed by atoms with van der Waals surface area (Å²) in [5.41, 5.74) is 2.78. The van der Waals surface area contributed by atoms with E-state index in [9.17, 15) is 4.79 Å². The van der Waals surface area contributed by atoms with Crippen molar-refractivity contribution in [3.63, 3.8) is 0 Å². The van der Waals surface area contributed by atoms with Gasteiger partial charge in [0.15, 0.2) is 5.78 Å². The molecular formula is C14H22O. The van der Waals surface area contributed by atoms with Crippen LogP contribution in [0.2, 0.25) is 0 Å². The van der Waals surface area contributed by atoms with Crippen LogP contribution >= 0.6 is 0 Å². The molecule has 0 radical (unpaired) electrons. The van der Waals surface area contributed by atoms with Crippen LogP contribution in [0.4, 0.5) is 0 Å². The van der Waals surface area contributed by atoms with E-state index in [1.54, 1.807) is 6.08 Å². The third-order valence-corrected chi connectivity index (χ3v) is 2.46. The Hall–Kier alpha value is -1.11. The Bertz CT molecular complexity index is 282. The van der Waals surface area contributed by atoms with Crippen LogP contribution in [0.15, 0.2) is 36.0 Å². The van der Waals surface area contributed by atoms with Gasteiger partial charge in [0.25, 0.3) is 0 Å². The molecule has 0 saturated heterocycles. The molecule has 0 atom stereocenters. The molecule has 0 spiro atoms. The zero-order valence-corrected chi connectivity index (χ0v) is 10.2. The SMILES string of the molecule is C=C/C(C(=O)CCCC)=C(/CC)C(=C)C. The summed E-state index contributed by atoms with van der Waals surface area (Å²) < 4.78 is 0. The number of carbonyl (C=O) groups excluding carboxylic acids is 1. The van der Waals surface area contributed by atoms with Crippen molar-refractivity contribution in [3.05, 3.63) is 36.0 Å². The molecule has 0 aliphatic rings. The first-order valence-electron chi connectivity index (χ1n) is 5.63. The van der Waals surface area contributed by atoms with E-state index in [4.69, 9.17) is 0 Å². The largest absolute Gasteiger partial charge is 0.294 e. The van der Waals surface area contributed by atoms with Crippen molar-refractivity contribution < 1.29 is 4.79 Å². The summed E-state index contributed by atoms with van der Waals surface area (Å²) in [6.07, 6.45) is 5.13. The van der Waals surface area contributed by atoms with Gasteiger partial charge in [-0.25, -0.2) is 0 Å². The topological polar surface area (TPSA) is 17.1 Å². The summed E-state index contributed by atoms with van der Waals surface area (Å²) in [5, 5.41) is 0. The van der Waals surface area contributed by atoms with E-state index in [1.165, 1.54) is 0 Å². The number of carbonyl (C=O) groups is 1. The summed E-state index contributed by atoms with van der Waals surface area (Å²) in [6, 6.07) is 0. The van der Waals surface area contributed by atoms with Gasteiger partial charge in [-0.1, -0.05) is 45.1 Å². The molecule has 0 bridgehead atoms. The van der Waals surface area contributed by atoms with Crippen molar-refractivity contribution in [2.24, 2.45) is 0 Å². The molecule has 1 nitrogen and oxygen atoms in total. The lowest BCUT2D eigenvalue weighted by Crippen LogP contribution is -2.04. The van der Waals surface area contributed by atoms with Crippen molar-refractivity contribution in [3.8, 4) is 0 Å². The van der Waals surface area contributed by atoms with E-state index in [1.807, 2.05) is 13.8 Å². The fourth-order valence-electron chi connectivity index (χ4n) is 1.60. The third-order valence-electron chi connectivity index (χ3n) is 2.46. The normalized spacial score (nSPS) is 11.9. The zero-order chi connectivity index (χ0) is 11.8. The van der Waals surface area contributed by atoms with Crippen LogP contribution in [0.3, 0.4) is 0 Å². The molecule has 0 unspecified atom stereocenters. The number of allylic oxidation sites excluding steroid dienone is 4. The van der Waals surface area contributed by atoms with Gasteiger partial charge in [0.2, 0.25) is 0 Å². The second kappa shape index (κ2) is 7.22. The molecule has 0 aromatic rings. The predicted octanol–water partition coefficient (Wildman–Crippen LogP) is 4.21. The molecular weight excluding hydrogens is 184 g/mol. The monoisotopic (exact) mass is 206 g/mol. The highest BCUT2D eigenvalue weighted by atomic mass is 16.1. The van der Waals surface area contributed by atoms with E-state index < -0.39 is 0 Å². The smallest absolute Gasteiger partial charge is 0.163 e. The summed E-state index contributed by atoms with van der Waals surface area (Å²) >= 11 is 0. The van der Waals surface area contributed by atoms with Gasteiger partial charge in [-0.3, -0.25) is 4.79 Å². The molecule has 0 aromatic carbocycles. The highest BCUT2D eigenvalue weighted by molar-refractivity contribution is 5.99. The minimum Gasteiger partial charge on any atom is -0.294 e. The average molecular weight is 206 g/mol. The zero-order valence-electron chi connectivity index (χ0n) is 10.2. The summed E-state index contributed by atoms with van der Waals surface area (Å²) in [6.45, 7) is 13.7. The highest BCUT2D eigenvalue weighted by Crippen LogP contribution is 2.20. The molecule has 0 heterocycles. The number of hydrogen-bond acceptors (Lipinski definition) is 1. The first-order chi connectivity index (χ1) is 7.08. The molecule has 1 heteroatoms. The quantitative estimate of drug-likeness (QED) is 0.450. The van der Waals surface area contributed by atoms with Crippen molar-refractivity contribution >= 4 is 5.78 Å². The molecule has 0 N–H and O–H groups in total. The first-order valence-corrected chi connectivity index (χ1v) is 5.63. The van der Waals surface area contributed by atoms with Crippen molar-refractivity contribution in [1.82, 2.24) is 0 Å². The van der Waals surface area contributed by atoms with Gasteiger partial charge in [-0.2, -0.15) is 0 Å². The molecule has 0 amide bonds. The van der Waals surface area contributed by atoms with Gasteiger partial charge in [-0.05, 0) is 25.3 Å². The van der Waals surface area contributed by atoms with Crippen LogP contribution in [0.5, 0.6) is 0 Å². The van der Waals surface area contributed by atoms with Crippen molar-refractivity contribution in [1.29, 1.82) is 0 Å². The third kappa shape index (κ3) is 4.28. The Morgan fingerprint density at radius 2 is 1.93 bits per heavy atom. The molecule has 0 rings (SSSR count). The van der Waals surface area contributed by atoms with Crippen LogP contribution < -0.4 is 0 Å². The van der Waals surface area contributed by atoms with Gasteiger partial charge in [0.1, 0.15) is 0 Å². The molecule has 0 aromatic heterocycles. The molecule has 0 aliphatic carbocycles. The standard InChI is InChI=1S/C14H22O/c1-6-9-10-14(15)13(8-3)12(7-2)11(4)5/h8H,3-4,6-7,9-10H2,1-2,5H3/b13-12+. The van der Waals surface area contributed by atoms with E-state index in [2.05, 4.69) is 20.1 Å². The van der Waals surface area contributed by atoms with Crippen LogP contribution in [0.25, 0.3) is 0 Å². The first kappa shape index (κ1) is 13.9. The second-order valence-corrected chi connectivity index (χ2v) is 3.76. The van der Waals surface area contributed by atoms with Crippen LogP contribution in [-0.2, 0) is 4.79 Å². The van der Waals surface area contributed by atoms with E-state index in [-0.39, 0.29) is 5.78 Å². The van der Waals surface area contributed by atoms with Crippen LogP contribution in [0.1, 0.15) is 46.5 Å². The summed E-state index contributed by atoms with van der Waals surface area (Å²) in [7, 11) is 0. The van der Waals surface area contributed by atoms with E-state index in [0.29, 0.717) is 6.42 Å². The number of ketones is 1.